The van der Waals surface area contributed by atoms with E-state index in [0.29, 0.717) is 30.3 Å². The molecule has 1 aliphatic heterocycles. The smallest absolute Gasteiger partial charge is 0.434 e. The number of rotatable bonds is 3. The number of ether oxygens (including phenoxy) is 1. The van der Waals surface area contributed by atoms with Gasteiger partial charge in [-0.15, -0.1) is 0 Å². The van der Waals surface area contributed by atoms with Gasteiger partial charge in [0.1, 0.15) is 5.82 Å². The zero-order valence-electron chi connectivity index (χ0n) is 15.4. The summed E-state index contributed by atoms with van der Waals surface area (Å²) in [6, 6.07) is 7.26. The van der Waals surface area contributed by atoms with Crippen molar-refractivity contribution in [1.29, 1.82) is 0 Å². The normalized spacial score (nSPS) is 14.3. The van der Waals surface area contributed by atoms with Crippen molar-refractivity contribution >= 4 is 17.4 Å². The summed E-state index contributed by atoms with van der Waals surface area (Å²) >= 11 is 5.94. The maximum Gasteiger partial charge on any atom is 0.434 e. The predicted octanol–water partition coefficient (Wildman–Crippen LogP) is 4.34. The number of halogens is 4. The first kappa shape index (κ1) is 19.5. The van der Waals surface area contributed by atoms with Gasteiger partial charge in [0.25, 0.3) is 0 Å². The molecular formula is C19H17ClF3N5O. The van der Waals surface area contributed by atoms with Gasteiger partial charge in [0.15, 0.2) is 17.3 Å². The van der Waals surface area contributed by atoms with Crippen LogP contribution in [0, 0.1) is 0 Å². The molecule has 3 heterocycles. The SMILES string of the molecule is Cn1cc(C(F)(F)F)nc1-c1ccc(CN2CCCOc3cnc(Cl)nc32)cc1. The highest BCUT2D eigenvalue weighted by molar-refractivity contribution is 6.28. The molecule has 0 fully saturated rings. The molecule has 4 rings (SSSR count). The Kier molecular flexibility index (Phi) is 5.08. The van der Waals surface area contributed by atoms with E-state index in [1.165, 1.54) is 4.57 Å². The van der Waals surface area contributed by atoms with E-state index < -0.39 is 11.9 Å². The summed E-state index contributed by atoms with van der Waals surface area (Å²) in [6.07, 6.45) is -1.10. The monoisotopic (exact) mass is 423 g/mol. The second-order valence-corrected chi connectivity index (χ2v) is 7.04. The number of hydrogen-bond donors (Lipinski definition) is 0. The minimum Gasteiger partial charge on any atom is -0.488 e. The zero-order chi connectivity index (χ0) is 20.6. The summed E-state index contributed by atoms with van der Waals surface area (Å²) in [5.74, 6) is 1.47. The van der Waals surface area contributed by atoms with Crippen LogP contribution < -0.4 is 9.64 Å². The second kappa shape index (κ2) is 7.55. The van der Waals surface area contributed by atoms with Gasteiger partial charge in [0.05, 0.1) is 12.8 Å². The fourth-order valence-corrected chi connectivity index (χ4v) is 3.35. The summed E-state index contributed by atoms with van der Waals surface area (Å²) in [4.78, 5) is 14.0. The molecule has 0 saturated heterocycles. The number of hydrogen-bond acceptors (Lipinski definition) is 5. The van der Waals surface area contributed by atoms with Gasteiger partial charge in [-0.2, -0.15) is 18.2 Å². The lowest BCUT2D eigenvalue weighted by molar-refractivity contribution is -0.140. The van der Waals surface area contributed by atoms with Gasteiger partial charge >= 0.3 is 6.18 Å². The van der Waals surface area contributed by atoms with E-state index in [1.807, 2.05) is 17.0 Å². The van der Waals surface area contributed by atoms with Crippen molar-refractivity contribution < 1.29 is 17.9 Å². The van der Waals surface area contributed by atoms with E-state index in [2.05, 4.69) is 15.0 Å². The molecule has 3 aromatic rings. The molecular weight excluding hydrogens is 407 g/mol. The van der Waals surface area contributed by atoms with Gasteiger partial charge < -0.3 is 14.2 Å². The number of aromatic nitrogens is 4. The molecule has 0 aliphatic carbocycles. The molecule has 0 N–H and O–H groups in total. The Labute approximate surface area is 169 Å². The Morgan fingerprint density at radius 3 is 2.62 bits per heavy atom. The largest absolute Gasteiger partial charge is 0.488 e. The van der Waals surface area contributed by atoms with E-state index in [1.54, 1.807) is 25.4 Å². The van der Waals surface area contributed by atoms with Crippen LogP contribution in [0.25, 0.3) is 11.4 Å². The minimum atomic E-state index is -4.47. The maximum absolute atomic E-state index is 12.9. The van der Waals surface area contributed by atoms with E-state index in [-0.39, 0.29) is 11.1 Å². The van der Waals surface area contributed by atoms with Gasteiger partial charge in [-0.1, -0.05) is 24.3 Å². The number of fused-ring (bicyclic) bond motifs is 1. The van der Waals surface area contributed by atoms with E-state index in [0.717, 1.165) is 24.7 Å². The Morgan fingerprint density at radius 2 is 1.93 bits per heavy atom. The van der Waals surface area contributed by atoms with Gasteiger partial charge in [-0.25, -0.2) is 9.97 Å². The molecule has 152 valence electrons. The highest BCUT2D eigenvalue weighted by Gasteiger charge is 2.34. The van der Waals surface area contributed by atoms with Crippen molar-refractivity contribution in [2.45, 2.75) is 19.1 Å². The third kappa shape index (κ3) is 4.14. The summed E-state index contributed by atoms with van der Waals surface area (Å²) in [5, 5.41) is 0.143. The van der Waals surface area contributed by atoms with Crippen LogP contribution >= 0.6 is 11.6 Å². The van der Waals surface area contributed by atoms with Crippen molar-refractivity contribution in [3.63, 3.8) is 0 Å². The Balaban J connectivity index is 1.57. The number of anilines is 1. The maximum atomic E-state index is 12.9. The molecule has 0 atom stereocenters. The molecule has 0 spiro atoms. The van der Waals surface area contributed by atoms with E-state index in [9.17, 15) is 13.2 Å². The summed E-state index contributed by atoms with van der Waals surface area (Å²) in [7, 11) is 1.54. The van der Waals surface area contributed by atoms with E-state index in [4.69, 9.17) is 16.3 Å². The van der Waals surface area contributed by atoms with Crippen LogP contribution in [0.5, 0.6) is 5.75 Å². The third-order valence-corrected chi connectivity index (χ3v) is 4.77. The quantitative estimate of drug-likeness (QED) is 0.587. The highest BCUT2D eigenvalue weighted by atomic mass is 35.5. The zero-order valence-corrected chi connectivity index (χ0v) is 16.2. The lowest BCUT2D eigenvalue weighted by Gasteiger charge is -2.22. The van der Waals surface area contributed by atoms with Crippen LogP contribution in [0.1, 0.15) is 17.7 Å². The molecule has 10 heteroatoms. The average molecular weight is 424 g/mol. The summed E-state index contributed by atoms with van der Waals surface area (Å²) < 4.78 is 45.7. The number of alkyl halides is 3. The van der Waals surface area contributed by atoms with Gasteiger partial charge in [-0.05, 0) is 23.6 Å². The first-order valence-electron chi connectivity index (χ1n) is 8.91. The number of nitrogens with zero attached hydrogens (tertiary/aromatic N) is 5. The van der Waals surface area contributed by atoms with Crippen LogP contribution in [0.4, 0.5) is 19.0 Å². The van der Waals surface area contributed by atoms with Gasteiger partial charge in [0, 0.05) is 31.9 Å². The Bertz CT molecular complexity index is 1020. The van der Waals surface area contributed by atoms with Crippen LogP contribution in [0.3, 0.4) is 0 Å². The lowest BCUT2D eigenvalue weighted by Crippen LogP contribution is -2.24. The molecule has 2 aromatic heterocycles. The van der Waals surface area contributed by atoms with Crippen molar-refractivity contribution in [3.8, 4) is 17.1 Å². The van der Waals surface area contributed by atoms with Crippen molar-refractivity contribution in [2.24, 2.45) is 7.05 Å². The number of imidazole rings is 1. The summed E-state index contributed by atoms with van der Waals surface area (Å²) in [6.45, 7) is 1.85. The minimum absolute atomic E-state index is 0.143. The van der Waals surface area contributed by atoms with Crippen LogP contribution in [-0.2, 0) is 19.8 Å². The molecule has 29 heavy (non-hydrogen) atoms. The fraction of sp³-hybridized carbons (Fsp3) is 0.316. The third-order valence-electron chi connectivity index (χ3n) is 4.59. The average Bonchev–Trinajstić information content (AvgIpc) is 2.97. The Morgan fingerprint density at radius 1 is 1.17 bits per heavy atom. The second-order valence-electron chi connectivity index (χ2n) is 6.71. The molecule has 0 saturated carbocycles. The van der Waals surface area contributed by atoms with Crippen molar-refractivity contribution in [3.05, 3.63) is 53.2 Å². The molecule has 0 radical (unpaired) electrons. The van der Waals surface area contributed by atoms with Gasteiger partial charge in [-0.3, -0.25) is 0 Å². The van der Waals surface area contributed by atoms with Gasteiger partial charge in [0.2, 0.25) is 5.28 Å². The van der Waals surface area contributed by atoms with Crippen LogP contribution in [0.2, 0.25) is 5.28 Å². The standard InChI is InChI=1S/C19H17ClF3N5O/c1-27-11-15(19(21,22)23)25-16(27)13-5-3-12(4-6-13)10-28-7-2-8-29-14-9-24-18(20)26-17(14)28/h3-6,9,11H,2,7-8,10H2,1H3. The summed E-state index contributed by atoms with van der Waals surface area (Å²) in [5.41, 5.74) is 0.676. The first-order chi connectivity index (χ1) is 13.8. The highest BCUT2D eigenvalue weighted by Crippen LogP contribution is 2.32. The fourth-order valence-electron chi connectivity index (χ4n) is 3.22. The topological polar surface area (TPSA) is 56.1 Å². The number of aryl methyl sites for hydroxylation is 1. The molecule has 0 unspecified atom stereocenters. The molecule has 6 nitrogen and oxygen atoms in total. The molecule has 1 aromatic carbocycles. The first-order valence-corrected chi connectivity index (χ1v) is 9.29. The molecule has 1 aliphatic rings. The number of benzene rings is 1. The van der Waals surface area contributed by atoms with Crippen molar-refractivity contribution in [1.82, 2.24) is 19.5 Å². The molecule has 0 amide bonds. The molecule has 0 bridgehead atoms. The van der Waals surface area contributed by atoms with Crippen LogP contribution in [-0.4, -0.2) is 32.7 Å². The predicted molar refractivity (Wildman–Crippen MR) is 102 cm³/mol. The van der Waals surface area contributed by atoms with E-state index >= 15 is 0 Å². The lowest BCUT2D eigenvalue weighted by atomic mass is 10.1. The van der Waals surface area contributed by atoms with Crippen molar-refractivity contribution in [2.75, 3.05) is 18.1 Å². The van der Waals surface area contributed by atoms with Crippen LogP contribution in [0.15, 0.2) is 36.7 Å². The Hall–Kier alpha value is -2.81.